The third-order valence-corrected chi connectivity index (χ3v) is 2.78. The van der Waals surface area contributed by atoms with Gasteiger partial charge in [-0.25, -0.2) is 4.39 Å². The van der Waals surface area contributed by atoms with Gasteiger partial charge in [-0.1, -0.05) is 28.9 Å². The average Bonchev–Trinajstić information content (AvgIpc) is 2.17. The molecule has 1 nitrogen and oxygen atoms in total. The van der Waals surface area contributed by atoms with E-state index in [9.17, 15) is 4.39 Å². The topological polar surface area (TPSA) is 3.24 Å². The first-order chi connectivity index (χ1) is 6.69. The lowest BCUT2D eigenvalue weighted by atomic mass is 10.2. The van der Waals surface area contributed by atoms with Crippen molar-refractivity contribution in [1.82, 2.24) is 0 Å². The number of benzene rings is 1. The molecule has 1 rings (SSSR count). The monoisotopic (exact) mass is 259 g/mol. The molecule has 0 saturated heterocycles. The Morgan fingerprint density at radius 3 is 2.64 bits per heavy atom. The van der Waals surface area contributed by atoms with Gasteiger partial charge in [-0.2, -0.15) is 0 Å². The maximum Gasteiger partial charge on any atom is 0.146 e. The quantitative estimate of drug-likeness (QED) is 0.748. The predicted molar refractivity (Wildman–Crippen MR) is 62.6 cm³/mol. The molecule has 14 heavy (non-hydrogen) atoms. The highest BCUT2D eigenvalue weighted by Crippen LogP contribution is 2.20. The minimum absolute atomic E-state index is 0.141. The van der Waals surface area contributed by atoms with Crippen LogP contribution in [0.2, 0.25) is 0 Å². The van der Waals surface area contributed by atoms with Crippen molar-refractivity contribution < 1.29 is 4.39 Å². The molecule has 0 aliphatic heterocycles. The second kappa shape index (κ2) is 5.35. The van der Waals surface area contributed by atoms with Gasteiger partial charge in [0.2, 0.25) is 0 Å². The second-order valence-electron chi connectivity index (χ2n) is 3.34. The Morgan fingerprint density at radius 2 is 2.14 bits per heavy atom. The predicted octanol–water partition coefficient (Wildman–Crippen LogP) is 3.57. The zero-order valence-electron chi connectivity index (χ0n) is 8.56. The molecule has 3 heteroatoms. The van der Waals surface area contributed by atoms with E-state index in [1.54, 1.807) is 6.07 Å². The Labute approximate surface area is 93.0 Å². The Bertz CT molecular complexity index is 301. The SMILES string of the molecule is CCCN(C)c1ccc(CBr)cc1F. The molecule has 1 aromatic carbocycles. The maximum absolute atomic E-state index is 13.5. The van der Waals surface area contributed by atoms with Crippen molar-refractivity contribution in [3.63, 3.8) is 0 Å². The van der Waals surface area contributed by atoms with Crippen molar-refractivity contribution in [2.75, 3.05) is 18.5 Å². The molecule has 0 fully saturated rings. The molecule has 0 atom stereocenters. The molecule has 0 saturated carbocycles. The summed E-state index contributed by atoms with van der Waals surface area (Å²) in [5, 5.41) is 0.696. The number of alkyl halides is 1. The van der Waals surface area contributed by atoms with Crippen LogP contribution in [0.4, 0.5) is 10.1 Å². The van der Waals surface area contributed by atoms with E-state index in [0.717, 1.165) is 18.5 Å². The van der Waals surface area contributed by atoms with Gasteiger partial charge in [0, 0.05) is 18.9 Å². The lowest BCUT2D eigenvalue weighted by Crippen LogP contribution is -2.18. The number of rotatable bonds is 4. The van der Waals surface area contributed by atoms with E-state index in [1.807, 2.05) is 24.1 Å². The van der Waals surface area contributed by atoms with Gasteiger partial charge in [-0.3, -0.25) is 0 Å². The van der Waals surface area contributed by atoms with Crippen LogP contribution in [0.15, 0.2) is 18.2 Å². The fourth-order valence-corrected chi connectivity index (χ4v) is 1.75. The van der Waals surface area contributed by atoms with E-state index in [0.29, 0.717) is 11.0 Å². The normalized spacial score (nSPS) is 10.3. The van der Waals surface area contributed by atoms with Gasteiger partial charge < -0.3 is 4.90 Å². The molecular weight excluding hydrogens is 245 g/mol. The van der Waals surface area contributed by atoms with E-state index in [1.165, 1.54) is 0 Å². The van der Waals surface area contributed by atoms with Gasteiger partial charge in [0.1, 0.15) is 5.82 Å². The summed E-state index contributed by atoms with van der Waals surface area (Å²) < 4.78 is 13.5. The Kier molecular flexibility index (Phi) is 4.39. The van der Waals surface area contributed by atoms with E-state index >= 15 is 0 Å². The third kappa shape index (κ3) is 2.71. The number of halogens is 2. The largest absolute Gasteiger partial charge is 0.372 e. The summed E-state index contributed by atoms with van der Waals surface area (Å²) in [5.41, 5.74) is 1.65. The van der Waals surface area contributed by atoms with E-state index in [-0.39, 0.29) is 5.82 Å². The first kappa shape index (κ1) is 11.5. The number of hydrogen-bond donors (Lipinski definition) is 0. The smallest absolute Gasteiger partial charge is 0.146 e. The van der Waals surface area contributed by atoms with Gasteiger partial charge in [-0.15, -0.1) is 0 Å². The molecule has 0 spiro atoms. The van der Waals surface area contributed by atoms with Crippen LogP contribution in [0, 0.1) is 5.82 Å². The molecule has 0 N–H and O–H groups in total. The summed E-state index contributed by atoms with van der Waals surface area (Å²) >= 11 is 3.30. The van der Waals surface area contributed by atoms with Crippen LogP contribution in [-0.2, 0) is 5.33 Å². The summed E-state index contributed by atoms with van der Waals surface area (Å²) in [6.07, 6.45) is 1.02. The van der Waals surface area contributed by atoms with Gasteiger partial charge in [0.05, 0.1) is 5.69 Å². The van der Waals surface area contributed by atoms with Crippen molar-refractivity contribution >= 4 is 21.6 Å². The van der Waals surface area contributed by atoms with Crippen LogP contribution >= 0.6 is 15.9 Å². The van der Waals surface area contributed by atoms with Crippen LogP contribution in [0.1, 0.15) is 18.9 Å². The highest BCUT2D eigenvalue weighted by atomic mass is 79.9. The lowest BCUT2D eigenvalue weighted by molar-refractivity contribution is 0.620. The van der Waals surface area contributed by atoms with Gasteiger partial charge in [0.15, 0.2) is 0 Å². The maximum atomic E-state index is 13.5. The summed E-state index contributed by atoms with van der Waals surface area (Å²) in [6, 6.07) is 5.36. The fourth-order valence-electron chi connectivity index (χ4n) is 1.40. The van der Waals surface area contributed by atoms with Crippen molar-refractivity contribution in [2.24, 2.45) is 0 Å². The molecule has 0 radical (unpaired) electrons. The van der Waals surface area contributed by atoms with Crippen LogP contribution in [0.5, 0.6) is 0 Å². The summed E-state index contributed by atoms with van der Waals surface area (Å²) in [6.45, 7) is 2.96. The molecule has 0 aromatic heterocycles. The minimum atomic E-state index is -0.141. The van der Waals surface area contributed by atoms with Crippen molar-refractivity contribution in [2.45, 2.75) is 18.7 Å². The van der Waals surface area contributed by atoms with E-state index in [2.05, 4.69) is 22.9 Å². The second-order valence-corrected chi connectivity index (χ2v) is 3.90. The van der Waals surface area contributed by atoms with Gasteiger partial charge in [-0.05, 0) is 24.1 Å². The molecular formula is C11H15BrFN. The molecule has 0 heterocycles. The zero-order chi connectivity index (χ0) is 10.6. The molecule has 0 bridgehead atoms. The van der Waals surface area contributed by atoms with Gasteiger partial charge in [0.25, 0.3) is 0 Å². The Morgan fingerprint density at radius 1 is 1.43 bits per heavy atom. The highest BCUT2D eigenvalue weighted by molar-refractivity contribution is 9.08. The van der Waals surface area contributed by atoms with Crippen LogP contribution in [0.25, 0.3) is 0 Å². The Hall–Kier alpha value is -0.570. The molecule has 0 unspecified atom stereocenters. The van der Waals surface area contributed by atoms with Crippen LogP contribution < -0.4 is 4.90 Å². The summed E-state index contributed by atoms with van der Waals surface area (Å²) in [7, 11) is 1.91. The first-order valence-electron chi connectivity index (χ1n) is 4.74. The summed E-state index contributed by atoms with van der Waals surface area (Å²) in [4.78, 5) is 1.94. The number of hydrogen-bond acceptors (Lipinski definition) is 1. The number of nitrogens with zero attached hydrogens (tertiary/aromatic N) is 1. The van der Waals surface area contributed by atoms with E-state index < -0.39 is 0 Å². The van der Waals surface area contributed by atoms with Crippen molar-refractivity contribution in [1.29, 1.82) is 0 Å². The lowest BCUT2D eigenvalue weighted by Gasteiger charge is -2.19. The first-order valence-corrected chi connectivity index (χ1v) is 5.86. The fraction of sp³-hybridized carbons (Fsp3) is 0.455. The third-order valence-electron chi connectivity index (χ3n) is 2.14. The Balaban J connectivity index is 2.88. The molecule has 0 aliphatic carbocycles. The molecule has 0 aliphatic rings. The van der Waals surface area contributed by atoms with Gasteiger partial charge >= 0.3 is 0 Å². The standard InChI is InChI=1S/C11H15BrFN/c1-3-6-14(2)11-5-4-9(8-12)7-10(11)13/h4-5,7H,3,6,8H2,1-2H3. The van der Waals surface area contributed by atoms with Crippen LogP contribution in [0.3, 0.4) is 0 Å². The average molecular weight is 260 g/mol. The zero-order valence-corrected chi connectivity index (χ0v) is 10.1. The van der Waals surface area contributed by atoms with Crippen molar-refractivity contribution in [3.05, 3.63) is 29.6 Å². The highest BCUT2D eigenvalue weighted by Gasteiger charge is 2.06. The summed E-state index contributed by atoms with van der Waals surface area (Å²) in [5.74, 6) is -0.141. The van der Waals surface area contributed by atoms with Crippen molar-refractivity contribution in [3.8, 4) is 0 Å². The molecule has 0 amide bonds. The molecule has 78 valence electrons. The van der Waals surface area contributed by atoms with Crippen LogP contribution in [-0.4, -0.2) is 13.6 Å². The molecule has 1 aromatic rings. The van der Waals surface area contributed by atoms with E-state index in [4.69, 9.17) is 0 Å². The number of anilines is 1. The minimum Gasteiger partial charge on any atom is -0.372 e.